The van der Waals surface area contributed by atoms with Gasteiger partial charge in [0.2, 0.25) is 0 Å². The van der Waals surface area contributed by atoms with Crippen molar-refractivity contribution in [3.8, 4) is 0 Å². The molecule has 6 heteroatoms. The first-order valence-corrected chi connectivity index (χ1v) is 8.65. The van der Waals surface area contributed by atoms with Gasteiger partial charge in [-0.1, -0.05) is 46.3 Å². The molecule has 0 saturated heterocycles. The van der Waals surface area contributed by atoms with Crippen LogP contribution >= 0.6 is 28.1 Å². The van der Waals surface area contributed by atoms with Crippen molar-refractivity contribution in [3.63, 3.8) is 0 Å². The van der Waals surface area contributed by atoms with Gasteiger partial charge in [0.1, 0.15) is 0 Å². The monoisotopic (exact) mass is 401 g/mol. The Kier molecular flexibility index (Phi) is 4.97. The van der Waals surface area contributed by atoms with Crippen LogP contribution in [0, 0.1) is 0 Å². The van der Waals surface area contributed by atoms with Crippen molar-refractivity contribution >= 4 is 44.9 Å². The lowest BCUT2D eigenvalue weighted by Gasteiger charge is -2.30. The van der Waals surface area contributed by atoms with E-state index >= 15 is 0 Å². The summed E-state index contributed by atoms with van der Waals surface area (Å²) in [4.78, 5) is 12.8. The van der Waals surface area contributed by atoms with Gasteiger partial charge in [-0.3, -0.25) is 4.79 Å². The molecule has 0 spiro atoms. The van der Waals surface area contributed by atoms with Crippen molar-refractivity contribution in [3.05, 3.63) is 75.9 Å². The lowest BCUT2D eigenvalue weighted by molar-refractivity contribution is -0.113. The van der Waals surface area contributed by atoms with Crippen molar-refractivity contribution in [2.24, 2.45) is 0 Å². The highest BCUT2D eigenvalue weighted by Gasteiger charge is 2.29. The number of halogens is 1. The largest absolute Gasteiger partial charge is 0.351 e. The number of rotatable bonds is 3. The molecule has 1 amide bonds. The van der Waals surface area contributed by atoms with Crippen molar-refractivity contribution in [2.75, 3.05) is 5.32 Å². The number of allylic oxidation sites excluding steroid dienone is 1. The molecule has 122 valence electrons. The Balaban J connectivity index is 1.92. The van der Waals surface area contributed by atoms with E-state index < -0.39 is 0 Å². The summed E-state index contributed by atoms with van der Waals surface area (Å²) in [7, 11) is 0. The van der Waals surface area contributed by atoms with E-state index in [0.717, 1.165) is 21.4 Å². The van der Waals surface area contributed by atoms with E-state index in [0.29, 0.717) is 10.7 Å². The summed E-state index contributed by atoms with van der Waals surface area (Å²) in [6, 6.07) is 17.0. The molecule has 3 rings (SSSR count). The normalized spacial score (nSPS) is 17.1. The van der Waals surface area contributed by atoms with Gasteiger partial charge >= 0.3 is 0 Å². The molecule has 2 aromatic rings. The topological polar surface area (TPSA) is 53.2 Å². The number of thiocarbonyl (C=S) groups is 1. The van der Waals surface area contributed by atoms with Crippen LogP contribution in [0.1, 0.15) is 18.5 Å². The average Bonchev–Trinajstić information content (AvgIpc) is 2.57. The second kappa shape index (κ2) is 7.15. The van der Waals surface area contributed by atoms with Gasteiger partial charge in [-0.05, 0) is 49.0 Å². The second-order valence-electron chi connectivity index (χ2n) is 5.44. The zero-order chi connectivity index (χ0) is 17.1. The van der Waals surface area contributed by atoms with Crippen LogP contribution < -0.4 is 16.0 Å². The standard InChI is InChI=1S/C18H16BrN3OS/c1-11-15(17(23)21-14-9-7-13(19)8-10-14)16(22-18(24)20-11)12-5-3-2-4-6-12/h2-10,16H,1H3,(H,21,23)(H2,20,22,24)/t16-/m1/s1. The highest BCUT2D eigenvalue weighted by atomic mass is 79.9. The van der Waals surface area contributed by atoms with Gasteiger partial charge in [-0.15, -0.1) is 0 Å². The van der Waals surface area contributed by atoms with Crippen LogP contribution in [0.25, 0.3) is 0 Å². The number of carbonyl (C=O) groups is 1. The average molecular weight is 402 g/mol. The number of hydrogen-bond donors (Lipinski definition) is 3. The fraction of sp³-hybridized carbons (Fsp3) is 0.111. The second-order valence-corrected chi connectivity index (χ2v) is 6.77. The van der Waals surface area contributed by atoms with E-state index in [1.54, 1.807) is 0 Å². The van der Waals surface area contributed by atoms with E-state index in [1.165, 1.54) is 0 Å². The summed E-state index contributed by atoms with van der Waals surface area (Å²) in [5, 5.41) is 9.68. The molecule has 0 unspecified atom stereocenters. The minimum Gasteiger partial charge on any atom is -0.351 e. The molecule has 4 nitrogen and oxygen atoms in total. The summed E-state index contributed by atoms with van der Waals surface area (Å²) in [5.74, 6) is -0.161. The zero-order valence-corrected chi connectivity index (χ0v) is 15.4. The maximum Gasteiger partial charge on any atom is 0.255 e. The number of anilines is 1. The molecular weight excluding hydrogens is 386 g/mol. The molecule has 2 aromatic carbocycles. The number of amides is 1. The predicted octanol–water partition coefficient (Wildman–Crippen LogP) is 3.88. The number of benzene rings is 2. The lowest BCUT2D eigenvalue weighted by atomic mass is 9.95. The summed E-state index contributed by atoms with van der Waals surface area (Å²) in [5.41, 5.74) is 3.10. The maximum atomic E-state index is 12.8. The molecule has 24 heavy (non-hydrogen) atoms. The van der Waals surface area contributed by atoms with Gasteiger partial charge in [-0.2, -0.15) is 0 Å². The molecule has 0 aliphatic carbocycles. The molecule has 3 N–H and O–H groups in total. The van der Waals surface area contributed by atoms with Crippen LogP contribution in [0.5, 0.6) is 0 Å². The van der Waals surface area contributed by atoms with Crippen molar-refractivity contribution < 1.29 is 4.79 Å². The SMILES string of the molecule is CC1=C(C(=O)Nc2ccc(Br)cc2)[C@@H](c2ccccc2)NC(=S)N1. The molecule has 0 radical (unpaired) electrons. The van der Waals surface area contributed by atoms with Crippen LogP contribution in [0.3, 0.4) is 0 Å². The van der Waals surface area contributed by atoms with Crippen molar-refractivity contribution in [2.45, 2.75) is 13.0 Å². The number of carbonyl (C=O) groups excluding carboxylic acids is 1. The van der Waals surface area contributed by atoms with E-state index in [1.807, 2.05) is 61.5 Å². The van der Waals surface area contributed by atoms with Crippen LogP contribution in [0.2, 0.25) is 0 Å². The van der Waals surface area contributed by atoms with E-state index in [-0.39, 0.29) is 11.9 Å². The van der Waals surface area contributed by atoms with Gasteiger partial charge in [0.05, 0.1) is 11.6 Å². The van der Waals surface area contributed by atoms with Gasteiger partial charge in [0.15, 0.2) is 5.11 Å². The van der Waals surface area contributed by atoms with Gasteiger partial charge in [0, 0.05) is 15.9 Å². The van der Waals surface area contributed by atoms with Gasteiger partial charge in [-0.25, -0.2) is 0 Å². The summed E-state index contributed by atoms with van der Waals surface area (Å²) in [6.45, 7) is 1.86. The minimum atomic E-state index is -0.282. The Morgan fingerprint density at radius 2 is 1.79 bits per heavy atom. The van der Waals surface area contributed by atoms with Crippen molar-refractivity contribution in [1.82, 2.24) is 10.6 Å². The number of nitrogens with one attached hydrogen (secondary N) is 3. The van der Waals surface area contributed by atoms with Crippen molar-refractivity contribution in [1.29, 1.82) is 0 Å². The van der Waals surface area contributed by atoms with Gasteiger partial charge < -0.3 is 16.0 Å². The first-order chi connectivity index (χ1) is 11.5. The quantitative estimate of drug-likeness (QED) is 0.683. The molecule has 1 aliphatic rings. The van der Waals surface area contributed by atoms with Crippen LogP contribution in [-0.4, -0.2) is 11.0 Å². The van der Waals surface area contributed by atoms with E-state index in [4.69, 9.17) is 12.2 Å². The minimum absolute atomic E-state index is 0.161. The van der Waals surface area contributed by atoms with E-state index in [9.17, 15) is 4.79 Å². The van der Waals surface area contributed by atoms with Crippen LogP contribution in [-0.2, 0) is 4.79 Å². The lowest BCUT2D eigenvalue weighted by Crippen LogP contribution is -2.45. The molecule has 1 aliphatic heterocycles. The summed E-state index contributed by atoms with van der Waals surface area (Å²) < 4.78 is 0.962. The van der Waals surface area contributed by atoms with E-state index in [2.05, 4.69) is 31.9 Å². The third-order valence-electron chi connectivity index (χ3n) is 3.75. The molecule has 1 atom stereocenters. The zero-order valence-electron chi connectivity index (χ0n) is 13.0. The number of hydrogen-bond acceptors (Lipinski definition) is 2. The Bertz CT molecular complexity index is 803. The third kappa shape index (κ3) is 3.66. The molecule has 0 bridgehead atoms. The molecular formula is C18H16BrN3OS. The Morgan fingerprint density at radius 3 is 2.46 bits per heavy atom. The van der Waals surface area contributed by atoms with Crippen LogP contribution in [0.15, 0.2) is 70.3 Å². The first kappa shape index (κ1) is 16.7. The molecule has 0 saturated carbocycles. The third-order valence-corrected chi connectivity index (χ3v) is 4.50. The highest BCUT2D eigenvalue weighted by Crippen LogP contribution is 2.27. The molecule has 0 aromatic heterocycles. The molecule has 1 heterocycles. The first-order valence-electron chi connectivity index (χ1n) is 7.45. The summed E-state index contributed by atoms with van der Waals surface area (Å²) in [6.07, 6.45) is 0. The maximum absolute atomic E-state index is 12.8. The molecule has 0 fully saturated rings. The summed E-state index contributed by atoms with van der Waals surface area (Å²) >= 11 is 8.64. The van der Waals surface area contributed by atoms with Crippen LogP contribution in [0.4, 0.5) is 5.69 Å². The van der Waals surface area contributed by atoms with Gasteiger partial charge in [0.25, 0.3) is 5.91 Å². The Morgan fingerprint density at radius 1 is 1.12 bits per heavy atom. The fourth-order valence-electron chi connectivity index (χ4n) is 2.62. The Hall–Kier alpha value is -2.18. The Labute approximate surface area is 154 Å². The smallest absolute Gasteiger partial charge is 0.255 e. The predicted molar refractivity (Wildman–Crippen MR) is 104 cm³/mol. The fourth-order valence-corrected chi connectivity index (χ4v) is 3.16. The highest BCUT2D eigenvalue weighted by molar-refractivity contribution is 9.10.